The zero-order chi connectivity index (χ0) is 16.7. The molecule has 0 aliphatic carbocycles. The normalized spacial score (nSPS) is 15.2. The van der Waals surface area contributed by atoms with Crippen LogP contribution in [0.15, 0.2) is 33.7 Å². The maximum absolute atomic E-state index is 12.4. The topological polar surface area (TPSA) is 76.0 Å². The minimum atomic E-state index is -0.178. The molecule has 0 saturated carbocycles. The van der Waals surface area contributed by atoms with Crippen molar-refractivity contribution >= 4 is 32.9 Å². The molecule has 1 aromatic carbocycles. The van der Waals surface area contributed by atoms with Crippen molar-refractivity contribution in [1.29, 1.82) is 0 Å². The van der Waals surface area contributed by atoms with Crippen LogP contribution in [0.25, 0.3) is 16.7 Å². The van der Waals surface area contributed by atoms with Gasteiger partial charge in [0.2, 0.25) is 5.95 Å². The number of morpholine rings is 1. The van der Waals surface area contributed by atoms with Gasteiger partial charge in [0, 0.05) is 23.8 Å². The monoisotopic (exact) mass is 389 g/mol. The molecule has 8 heteroatoms. The van der Waals surface area contributed by atoms with Crippen LogP contribution < -0.4 is 10.5 Å². The molecule has 0 bridgehead atoms. The van der Waals surface area contributed by atoms with Crippen LogP contribution in [0.5, 0.6) is 0 Å². The van der Waals surface area contributed by atoms with Gasteiger partial charge < -0.3 is 9.64 Å². The largest absolute Gasteiger partial charge is 0.378 e. The van der Waals surface area contributed by atoms with Crippen LogP contribution >= 0.6 is 15.9 Å². The summed E-state index contributed by atoms with van der Waals surface area (Å²) in [6.45, 7) is 4.69. The molecule has 0 spiro atoms. The van der Waals surface area contributed by atoms with Crippen LogP contribution in [0, 0.1) is 6.92 Å². The third kappa shape index (κ3) is 2.71. The minimum absolute atomic E-state index is 0.178. The van der Waals surface area contributed by atoms with E-state index < -0.39 is 0 Å². The number of rotatable bonds is 2. The van der Waals surface area contributed by atoms with E-state index in [0.717, 1.165) is 15.7 Å². The standard InChI is InChI=1S/C16H16BrN5O2/c1-10-8-11(17)2-3-13(10)22-9-12-14(20-22)18-16(19-15(12)23)21-4-6-24-7-5-21/h2-3,8-9H,4-7H2,1H3,(H,18,19,20,23). The average Bonchev–Trinajstić information content (AvgIpc) is 3.00. The van der Waals surface area contributed by atoms with Crippen molar-refractivity contribution in [2.75, 3.05) is 31.2 Å². The Morgan fingerprint density at radius 2 is 2.08 bits per heavy atom. The SMILES string of the molecule is Cc1cc(Br)ccc1-n1cc2c(=O)[nH]c(N3CCOCC3)nc2n1. The van der Waals surface area contributed by atoms with E-state index in [1.54, 1.807) is 10.9 Å². The van der Waals surface area contributed by atoms with E-state index in [9.17, 15) is 4.79 Å². The van der Waals surface area contributed by atoms with Crippen molar-refractivity contribution in [3.05, 3.63) is 44.8 Å². The number of hydrogen-bond acceptors (Lipinski definition) is 5. The summed E-state index contributed by atoms with van der Waals surface area (Å²) in [6, 6.07) is 5.92. The smallest absolute Gasteiger partial charge is 0.263 e. The second-order valence-electron chi connectivity index (χ2n) is 5.73. The maximum Gasteiger partial charge on any atom is 0.263 e. The summed E-state index contributed by atoms with van der Waals surface area (Å²) in [7, 11) is 0. The minimum Gasteiger partial charge on any atom is -0.378 e. The number of aromatic amines is 1. The highest BCUT2D eigenvalue weighted by Gasteiger charge is 2.17. The Hall–Kier alpha value is -2.19. The Balaban J connectivity index is 1.80. The Morgan fingerprint density at radius 3 is 2.83 bits per heavy atom. The van der Waals surface area contributed by atoms with Gasteiger partial charge in [0.1, 0.15) is 5.39 Å². The number of ether oxygens (including phenoxy) is 1. The second kappa shape index (κ2) is 6.03. The molecule has 1 fully saturated rings. The fourth-order valence-electron chi connectivity index (χ4n) is 2.83. The van der Waals surface area contributed by atoms with E-state index in [2.05, 4.69) is 31.0 Å². The van der Waals surface area contributed by atoms with Crippen LogP contribution in [0.2, 0.25) is 0 Å². The lowest BCUT2D eigenvalue weighted by Gasteiger charge is -2.26. The highest BCUT2D eigenvalue weighted by Crippen LogP contribution is 2.20. The Kier molecular flexibility index (Phi) is 3.85. The summed E-state index contributed by atoms with van der Waals surface area (Å²) in [5, 5.41) is 4.98. The summed E-state index contributed by atoms with van der Waals surface area (Å²) < 4.78 is 8.05. The van der Waals surface area contributed by atoms with Crippen molar-refractivity contribution in [1.82, 2.24) is 19.7 Å². The molecule has 3 aromatic rings. The number of H-pyrrole nitrogens is 1. The first-order valence-corrected chi connectivity index (χ1v) is 8.50. The zero-order valence-corrected chi connectivity index (χ0v) is 14.7. The lowest BCUT2D eigenvalue weighted by molar-refractivity contribution is 0.122. The van der Waals surface area contributed by atoms with Gasteiger partial charge in [-0.05, 0) is 30.7 Å². The van der Waals surface area contributed by atoms with Gasteiger partial charge >= 0.3 is 0 Å². The molecule has 0 unspecified atom stereocenters. The summed E-state index contributed by atoms with van der Waals surface area (Å²) in [5.74, 6) is 0.550. The molecule has 2 aromatic heterocycles. The maximum atomic E-state index is 12.4. The van der Waals surface area contributed by atoms with Gasteiger partial charge in [-0.2, -0.15) is 4.98 Å². The van der Waals surface area contributed by atoms with Crippen LogP contribution in [0.3, 0.4) is 0 Å². The molecule has 7 nitrogen and oxygen atoms in total. The zero-order valence-electron chi connectivity index (χ0n) is 13.1. The van der Waals surface area contributed by atoms with E-state index in [1.807, 2.05) is 30.0 Å². The van der Waals surface area contributed by atoms with Crippen molar-refractivity contribution < 1.29 is 4.74 Å². The first-order valence-electron chi connectivity index (χ1n) is 7.71. The number of aryl methyl sites for hydroxylation is 1. The molecule has 4 rings (SSSR count). The number of fused-ring (bicyclic) bond motifs is 1. The fraction of sp³-hybridized carbons (Fsp3) is 0.312. The summed E-state index contributed by atoms with van der Waals surface area (Å²) in [5.41, 5.74) is 2.25. The third-order valence-electron chi connectivity index (χ3n) is 4.09. The first-order chi connectivity index (χ1) is 11.6. The van der Waals surface area contributed by atoms with E-state index in [4.69, 9.17) is 4.74 Å². The Morgan fingerprint density at radius 1 is 1.29 bits per heavy atom. The summed E-state index contributed by atoms with van der Waals surface area (Å²) in [6.07, 6.45) is 1.72. The number of aromatic nitrogens is 4. The molecule has 3 heterocycles. The number of anilines is 1. The van der Waals surface area contributed by atoms with E-state index >= 15 is 0 Å². The Labute approximate surface area is 146 Å². The quantitative estimate of drug-likeness (QED) is 0.725. The number of hydrogen-bond donors (Lipinski definition) is 1. The number of benzene rings is 1. The molecular formula is C16H16BrN5O2. The van der Waals surface area contributed by atoms with Gasteiger partial charge in [0.05, 0.1) is 18.9 Å². The van der Waals surface area contributed by atoms with Crippen LogP contribution in [0.1, 0.15) is 5.56 Å². The molecule has 1 aliphatic rings. The summed E-state index contributed by atoms with van der Waals surface area (Å²) >= 11 is 3.46. The highest BCUT2D eigenvalue weighted by atomic mass is 79.9. The Bertz CT molecular complexity index is 959. The average molecular weight is 390 g/mol. The lowest BCUT2D eigenvalue weighted by Crippen LogP contribution is -2.38. The summed E-state index contributed by atoms with van der Waals surface area (Å²) in [4.78, 5) is 21.8. The van der Waals surface area contributed by atoms with Crippen LogP contribution in [-0.2, 0) is 4.74 Å². The van der Waals surface area contributed by atoms with Crippen LogP contribution in [0.4, 0.5) is 5.95 Å². The van der Waals surface area contributed by atoms with Gasteiger partial charge in [-0.15, -0.1) is 5.10 Å². The van der Waals surface area contributed by atoms with E-state index in [1.165, 1.54) is 0 Å². The van der Waals surface area contributed by atoms with Gasteiger partial charge in [-0.25, -0.2) is 4.68 Å². The van der Waals surface area contributed by atoms with E-state index in [-0.39, 0.29) is 5.56 Å². The predicted octanol–water partition coefficient (Wildman–Crippen LogP) is 2.02. The molecule has 0 amide bonds. The molecular weight excluding hydrogens is 374 g/mol. The van der Waals surface area contributed by atoms with Gasteiger partial charge in [-0.3, -0.25) is 9.78 Å². The number of halogens is 1. The molecule has 24 heavy (non-hydrogen) atoms. The van der Waals surface area contributed by atoms with Gasteiger partial charge in [0.15, 0.2) is 5.65 Å². The molecule has 1 N–H and O–H groups in total. The van der Waals surface area contributed by atoms with Crippen molar-refractivity contribution in [2.24, 2.45) is 0 Å². The van der Waals surface area contributed by atoms with Crippen molar-refractivity contribution in [3.63, 3.8) is 0 Å². The molecule has 0 radical (unpaired) electrons. The predicted molar refractivity (Wildman–Crippen MR) is 95.0 cm³/mol. The third-order valence-corrected chi connectivity index (χ3v) is 4.59. The van der Waals surface area contributed by atoms with Crippen molar-refractivity contribution in [2.45, 2.75) is 6.92 Å². The number of nitrogens with one attached hydrogen (secondary N) is 1. The van der Waals surface area contributed by atoms with Crippen LogP contribution in [-0.4, -0.2) is 46.1 Å². The van der Waals surface area contributed by atoms with Gasteiger partial charge in [-0.1, -0.05) is 15.9 Å². The molecule has 1 aliphatic heterocycles. The van der Waals surface area contributed by atoms with Gasteiger partial charge in [0.25, 0.3) is 5.56 Å². The van der Waals surface area contributed by atoms with E-state index in [0.29, 0.717) is 43.3 Å². The lowest BCUT2D eigenvalue weighted by atomic mass is 10.2. The molecule has 1 saturated heterocycles. The second-order valence-corrected chi connectivity index (χ2v) is 6.65. The highest BCUT2D eigenvalue weighted by molar-refractivity contribution is 9.10. The van der Waals surface area contributed by atoms with Crippen molar-refractivity contribution in [3.8, 4) is 5.69 Å². The first kappa shape index (κ1) is 15.3. The number of nitrogens with zero attached hydrogens (tertiary/aromatic N) is 4. The molecule has 0 atom stereocenters. The molecule has 124 valence electrons. The fourth-order valence-corrected chi connectivity index (χ4v) is 3.30.